The Labute approximate surface area is 85.1 Å². The lowest BCUT2D eigenvalue weighted by Gasteiger charge is -2.13. The molecule has 0 radical (unpaired) electrons. The third-order valence-corrected chi connectivity index (χ3v) is 1.34. The van der Waals surface area contributed by atoms with Crippen molar-refractivity contribution in [1.82, 2.24) is 4.90 Å². The van der Waals surface area contributed by atoms with Gasteiger partial charge in [0.1, 0.15) is 0 Å². The van der Waals surface area contributed by atoms with E-state index in [2.05, 4.69) is 49.7 Å². The summed E-state index contributed by atoms with van der Waals surface area (Å²) in [5.41, 5.74) is -3.11. The Bertz CT molecular complexity index is 122. The lowest BCUT2D eigenvalue weighted by molar-refractivity contribution is 0.321. The largest absolute Gasteiger partial charge is 0.338 e. The Morgan fingerprint density at radius 2 is 1.33 bits per heavy atom. The van der Waals surface area contributed by atoms with Crippen molar-refractivity contribution in [2.24, 2.45) is 0 Å². The minimum Gasteiger partial charge on any atom is -0.338 e. The lowest BCUT2D eigenvalue weighted by atomic mass is 10.5. The maximum absolute atomic E-state index is 7.87. The number of nitrogens with zero attached hydrogens (tertiary/aromatic N) is 1. The molecule has 0 spiro atoms. The maximum atomic E-state index is 7.87. The highest BCUT2D eigenvalue weighted by molar-refractivity contribution is 8.59. The van der Waals surface area contributed by atoms with Crippen molar-refractivity contribution in [2.75, 3.05) is 19.6 Å². The van der Waals surface area contributed by atoms with Gasteiger partial charge in [0.25, 0.3) is 0 Å². The molecule has 0 fully saturated rings. The minimum atomic E-state index is -3.11. The van der Waals surface area contributed by atoms with Crippen LogP contribution in [-0.4, -0.2) is 34.3 Å². The fourth-order valence-electron chi connectivity index (χ4n) is 0.671. The van der Waals surface area contributed by atoms with Crippen molar-refractivity contribution in [3.63, 3.8) is 0 Å². The molecule has 6 heteroatoms. The number of hydrogen-bond acceptors (Lipinski definition) is 2. The van der Waals surface area contributed by atoms with Crippen LogP contribution < -0.4 is 0 Å². The van der Waals surface area contributed by atoms with Crippen LogP contribution in [0.5, 0.6) is 0 Å². The molecule has 0 atom stereocenters. The van der Waals surface area contributed by atoms with Crippen molar-refractivity contribution >= 4 is 29.7 Å². The van der Waals surface area contributed by atoms with Gasteiger partial charge in [-0.2, -0.15) is 0 Å². The van der Waals surface area contributed by atoms with E-state index < -0.39 is 5.69 Å². The molecule has 0 saturated heterocycles. The van der Waals surface area contributed by atoms with Crippen molar-refractivity contribution in [1.29, 1.82) is 0 Å². The van der Waals surface area contributed by atoms with E-state index in [0.29, 0.717) is 0 Å². The molecule has 0 aromatic rings. The van der Waals surface area contributed by atoms with Gasteiger partial charge in [-0.3, -0.25) is 0 Å². The second-order valence-electron chi connectivity index (χ2n) is 2.13. The zero-order chi connectivity index (χ0) is 10.2. The van der Waals surface area contributed by atoms with Gasteiger partial charge in [-0.25, -0.2) is 0 Å². The number of rotatable bonds is 3. The number of hydrogen-bond donors (Lipinski definition) is 3. The van der Waals surface area contributed by atoms with Crippen LogP contribution in [0.4, 0.5) is 0 Å². The monoisotopic (exact) mass is 231 g/mol. The van der Waals surface area contributed by atoms with Gasteiger partial charge in [-0.1, -0.05) is 33.0 Å². The predicted molar refractivity (Wildman–Crippen MR) is 61.2 cm³/mol. The average molecular weight is 231 g/mol. The molecule has 0 aliphatic carbocycles. The van der Waals surface area contributed by atoms with Gasteiger partial charge >= 0.3 is 0 Å². The lowest BCUT2D eigenvalue weighted by Crippen LogP contribution is -2.21. The number of thiol groups is 1. The molecule has 0 aromatic carbocycles. The molecule has 0 aromatic heterocycles. The Hall–Kier alpha value is 0.880. The van der Waals surface area contributed by atoms with Gasteiger partial charge < -0.3 is 14.7 Å². The first-order valence-electron chi connectivity index (χ1n) is 3.85. The summed E-state index contributed by atoms with van der Waals surface area (Å²) in [6.07, 6.45) is 0. The molecule has 0 rings (SSSR count). The highest BCUT2D eigenvalue weighted by Crippen LogP contribution is 2.39. The van der Waals surface area contributed by atoms with Gasteiger partial charge in [0.05, 0.1) is 0 Å². The van der Waals surface area contributed by atoms with Gasteiger partial charge in [-0.05, 0) is 31.4 Å². The van der Waals surface area contributed by atoms with Crippen LogP contribution in [0, 0.1) is 0 Å². The van der Waals surface area contributed by atoms with Crippen LogP contribution in [-0.2, 0) is 11.8 Å². The topological polar surface area (TPSA) is 43.7 Å². The van der Waals surface area contributed by atoms with Crippen LogP contribution >= 0.6 is 17.9 Å². The molecule has 2 N–H and O–H groups in total. The van der Waals surface area contributed by atoms with E-state index in [4.69, 9.17) is 9.79 Å². The summed E-state index contributed by atoms with van der Waals surface area (Å²) >= 11 is 7.07. The third kappa shape index (κ3) is 22.4. The normalized spacial score (nSPS) is 10.9. The Morgan fingerprint density at radius 3 is 1.33 bits per heavy atom. The summed E-state index contributed by atoms with van der Waals surface area (Å²) in [6.45, 7) is 10.1. The molecule has 0 aliphatic rings. The summed E-state index contributed by atoms with van der Waals surface area (Å²) in [5.74, 6) is 0. The summed E-state index contributed by atoms with van der Waals surface area (Å²) in [6, 6.07) is 0. The van der Waals surface area contributed by atoms with E-state index in [9.17, 15) is 0 Å². The van der Waals surface area contributed by atoms with Crippen molar-refractivity contribution in [3.8, 4) is 0 Å². The molecule has 3 nitrogen and oxygen atoms in total. The first kappa shape index (κ1) is 15.4. The van der Waals surface area contributed by atoms with Gasteiger partial charge in [0.2, 0.25) is 5.69 Å². The summed E-state index contributed by atoms with van der Waals surface area (Å²) in [5, 5.41) is 0. The van der Waals surface area contributed by atoms with Crippen LogP contribution in [0.25, 0.3) is 0 Å². The Kier molecular flexibility index (Phi) is 10.8. The molecule has 12 heavy (non-hydrogen) atoms. The first-order chi connectivity index (χ1) is 5.35. The minimum absolute atomic E-state index is 1.19. The van der Waals surface area contributed by atoms with Crippen LogP contribution in [0.2, 0.25) is 0 Å². The van der Waals surface area contributed by atoms with Gasteiger partial charge in [0.15, 0.2) is 0 Å². The van der Waals surface area contributed by atoms with Crippen molar-refractivity contribution < 1.29 is 9.79 Å². The summed E-state index contributed by atoms with van der Waals surface area (Å²) < 4.78 is 0. The van der Waals surface area contributed by atoms with Gasteiger partial charge in [0, 0.05) is 0 Å². The first-order valence-corrected chi connectivity index (χ1v) is 7.71. The quantitative estimate of drug-likeness (QED) is 0.508. The van der Waals surface area contributed by atoms with Gasteiger partial charge in [-0.15, -0.1) is 0 Å². The zero-order valence-electron chi connectivity index (χ0n) is 7.77. The van der Waals surface area contributed by atoms with E-state index in [0.717, 1.165) is 0 Å². The molecular formula is C6H18NO2PS2. The molecule has 0 bridgehead atoms. The van der Waals surface area contributed by atoms with Crippen LogP contribution in [0.1, 0.15) is 20.8 Å². The summed E-state index contributed by atoms with van der Waals surface area (Å²) in [4.78, 5) is 18.1. The smallest absolute Gasteiger partial charge is 0.239 e. The maximum Gasteiger partial charge on any atom is 0.239 e. The standard InChI is InChI=1S/C6H15N.H3O2PS2/c1-4-7(5-2)6-3;1-3(2,4)5/h4-6H2,1-3H3;(H3,1,2,4,5). The Balaban J connectivity index is 0. The average Bonchev–Trinajstić information content (AvgIpc) is 1.88. The molecule has 0 unspecified atom stereocenters. The third-order valence-electron chi connectivity index (χ3n) is 1.34. The molecule has 0 amide bonds. The molecule has 0 heterocycles. The zero-order valence-corrected chi connectivity index (χ0v) is 10.4. The predicted octanol–water partition coefficient (Wildman–Crippen LogP) is 1.47. The SMILES string of the molecule is CCN(CC)CC.OP(O)(=S)S. The van der Waals surface area contributed by atoms with E-state index in [1.807, 2.05) is 0 Å². The van der Waals surface area contributed by atoms with Crippen LogP contribution in [0.15, 0.2) is 0 Å². The highest BCUT2D eigenvalue weighted by Gasteiger charge is 1.90. The van der Waals surface area contributed by atoms with E-state index in [1.165, 1.54) is 19.6 Å². The Morgan fingerprint density at radius 1 is 1.17 bits per heavy atom. The van der Waals surface area contributed by atoms with E-state index in [-0.39, 0.29) is 0 Å². The fraction of sp³-hybridized carbons (Fsp3) is 1.00. The summed E-state index contributed by atoms with van der Waals surface area (Å²) in [7, 11) is 0. The van der Waals surface area contributed by atoms with Crippen molar-refractivity contribution in [2.45, 2.75) is 20.8 Å². The van der Waals surface area contributed by atoms with E-state index in [1.54, 1.807) is 0 Å². The fourth-order valence-corrected chi connectivity index (χ4v) is 0.671. The van der Waals surface area contributed by atoms with Crippen molar-refractivity contribution in [3.05, 3.63) is 0 Å². The second-order valence-corrected chi connectivity index (χ2v) is 7.17. The highest BCUT2D eigenvalue weighted by atomic mass is 32.9. The second kappa shape index (κ2) is 8.48. The van der Waals surface area contributed by atoms with Crippen LogP contribution in [0.3, 0.4) is 0 Å². The molecular weight excluding hydrogens is 213 g/mol. The van der Waals surface area contributed by atoms with E-state index >= 15 is 0 Å². The molecule has 76 valence electrons. The molecule has 0 saturated carbocycles. The molecule has 0 aliphatic heterocycles.